The summed E-state index contributed by atoms with van der Waals surface area (Å²) in [5.74, 6) is -0.929. The number of benzene rings is 3. The van der Waals surface area contributed by atoms with E-state index in [1.165, 1.54) is 0 Å². The Morgan fingerprint density at radius 1 is 1.00 bits per heavy atom. The Morgan fingerprint density at radius 3 is 2.56 bits per heavy atom. The molecule has 0 aliphatic heterocycles. The number of hydrogen-bond acceptors (Lipinski definition) is 4. The third kappa shape index (κ3) is 5.28. The molecule has 36 heavy (non-hydrogen) atoms. The predicted molar refractivity (Wildman–Crippen MR) is 141 cm³/mol. The zero-order valence-corrected chi connectivity index (χ0v) is 20.7. The quantitative estimate of drug-likeness (QED) is 0.236. The number of carboxylic acids is 1. The molecule has 5 rings (SSSR count). The highest BCUT2D eigenvalue weighted by Gasteiger charge is 2.22. The molecule has 0 aliphatic carbocycles. The van der Waals surface area contributed by atoms with Gasteiger partial charge in [-0.25, -0.2) is 0 Å². The Labute approximate surface area is 217 Å². The van der Waals surface area contributed by atoms with Gasteiger partial charge in [-0.3, -0.25) is 10.1 Å². The van der Waals surface area contributed by atoms with E-state index in [-0.39, 0.29) is 6.54 Å². The molecule has 3 aromatic carbocycles. The fourth-order valence-electron chi connectivity index (χ4n) is 4.18. The van der Waals surface area contributed by atoms with Crippen molar-refractivity contribution in [3.8, 4) is 11.3 Å². The van der Waals surface area contributed by atoms with Crippen LogP contribution in [0.1, 0.15) is 16.8 Å². The number of nitrogens with zero attached hydrogens (tertiary/aromatic N) is 3. The number of carboxylic acid groups (broad SMARTS) is 1. The Hall–Kier alpha value is -3.65. The molecular formula is C27H23Cl2N5O2. The van der Waals surface area contributed by atoms with Crippen molar-refractivity contribution in [1.82, 2.24) is 25.3 Å². The van der Waals surface area contributed by atoms with Gasteiger partial charge < -0.3 is 10.1 Å². The molecule has 3 N–H and O–H groups in total. The molecule has 0 saturated carbocycles. The van der Waals surface area contributed by atoms with Gasteiger partial charge in [0.15, 0.2) is 0 Å². The summed E-state index contributed by atoms with van der Waals surface area (Å²) in [5, 5.41) is 24.6. The smallest absolute Gasteiger partial charge is 0.321 e. The van der Waals surface area contributed by atoms with Crippen LogP contribution < -0.4 is 5.32 Å². The fourth-order valence-corrected chi connectivity index (χ4v) is 4.65. The summed E-state index contributed by atoms with van der Waals surface area (Å²) < 4.78 is 0. The number of aromatic amines is 1. The van der Waals surface area contributed by atoms with Gasteiger partial charge in [0.25, 0.3) is 0 Å². The molecule has 0 aliphatic rings. The minimum absolute atomic E-state index is 0.234. The Balaban J connectivity index is 1.40. The lowest BCUT2D eigenvalue weighted by molar-refractivity contribution is -0.139. The number of hydrogen-bond donors (Lipinski definition) is 3. The molecule has 0 radical (unpaired) electrons. The molecule has 0 spiro atoms. The van der Waals surface area contributed by atoms with Crippen molar-refractivity contribution in [3.05, 3.63) is 106 Å². The second-order valence-corrected chi connectivity index (χ2v) is 9.31. The predicted octanol–water partition coefficient (Wildman–Crippen LogP) is 5.57. The first kappa shape index (κ1) is 24.1. The first-order valence-corrected chi connectivity index (χ1v) is 12.2. The van der Waals surface area contributed by atoms with Crippen LogP contribution in [0.4, 0.5) is 0 Å². The van der Waals surface area contributed by atoms with Crippen LogP contribution in [0.5, 0.6) is 0 Å². The van der Waals surface area contributed by atoms with Crippen molar-refractivity contribution in [2.45, 2.75) is 25.6 Å². The van der Waals surface area contributed by atoms with Crippen LogP contribution in [-0.2, 0) is 24.3 Å². The molecular weight excluding hydrogens is 497 g/mol. The Morgan fingerprint density at radius 2 is 1.78 bits per heavy atom. The van der Waals surface area contributed by atoms with Gasteiger partial charge in [0, 0.05) is 45.7 Å². The van der Waals surface area contributed by atoms with E-state index < -0.39 is 12.0 Å². The molecule has 0 unspecified atom stereocenters. The summed E-state index contributed by atoms with van der Waals surface area (Å²) in [6.07, 6.45) is 2.19. The van der Waals surface area contributed by atoms with E-state index in [4.69, 9.17) is 28.3 Å². The van der Waals surface area contributed by atoms with Crippen molar-refractivity contribution in [3.63, 3.8) is 0 Å². The standard InChI is InChI=1S/C27H23Cl2N5O2/c28-20-11-10-18(22(29)13-20)16-34-32-25(26(33-34)17-6-2-1-3-7-17)15-31-24(27(35)36)12-19-14-30-23-9-5-4-8-21(19)23/h1-11,13-14,24,30-31H,12,15-16H2,(H,35,36)/t24-/m0/s1. The van der Waals surface area contributed by atoms with E-state index in [1.807, 2.05) is 66.9 Å². The number of halogens is 2. The van der Waals surface area contributed by atoms with Crippen LogP contribution in [0.15, 0.2) is 79.0 Å². The van der Waals surface area contributed by atoms with E-state index in [9.17, 15) is 9.90 Å². The van der Waals surface area contributed by atoms with Gasteiger partial charge in [-0.2, -0.15) is 15.0 Å². The first-order chi connectivity index (χ1) is 17.5. The van der Waals surface area contributed by atoms with Gasteiger partial charge >= 0.3 is 5.97 Å². The fraction of sp³-hybridized carbons (Fsp3) is 0.148. The average molecular weight is 520 g/mol. The molecule has 0 amide bonds. The highest BCUT2D eigenvalue weighted by Crippen LogP contribution is 2.24. The lowest BCUT2D eigenvalue weighted by Gasteiger charge is -2.13. The summed E-state index contributed by atoms with van der Waals surface area (Å²) >= 11 is 12.4. The molecule has 1 atom stereocenters. The van der Waals surface area contributed by atoms with E-state index in [0.717, 1.165) is 27.6 Å². The largest absolute Gasteiger partial charge is 0.480 e. The van der Waals surface area contributed by atoms with E-state index in [0.29, 0.717) is 34.4 Å². The van der Waals surface area contributed by atoms with E-state index in [1.54, 1.807) is 16.9 Å². The summed E-state index contributed by atoms with van der Waals surface area (Å²) in [7, 11) is 0. The lowest BCUT2D eigenvalue weighted by atomic mass is 10.0. The van der Waals surface area contributed by atoms with Crippen LogP contribution in [-0.4, -0.2) is 37.1 Å². The SMILES string of the molecule is O=C(O)[C@H](Cc1c[nH]c2ccccc12)NCc1nn(Cc2ccc(Cl)cc2Cl)nc1-c1ccccc1. The minimum atomic E-state index is -0.929. The topological polar surface area (TPSA) is 95.8 Å². The molecule has 2 heterocycles. The maximum absolute atomic E-state index is 12.1. The number of fused-ring (bicyclic) bond motifs is 1. The van der Waals surface area contributed by atoms with Crippen LogP contribution in [0.2, 0.25) is 10.0 Å². The van der Waals surface area contributed by atoms with Gasteiger partial charge in [0.05, 0.1) is 6.54 Å². The van der Waals surface area contributed by atoms with Crippen LogP contribution in [0, 0.1) is 0 Å². The summed E-state index contributed by atoms with van der Waals surface area (Å²) in [4.78, 5) is 16.9. The number of carbonyl (C=O) groups is 1. The van der Waals surface area contributed by atoms with Gasteiger partial charge in [0.1, 0.15) is 17.4 Å². The van der Waals surface area contributed by atoms with Crippen molar-refractivity contribution < 1.29 is 9.90 Å². The number of rotatable bonds is 9. The summed E-state index contributed by atoms with van der Waals surface area (Å²) in [5.41, 5.74) is 4.98. The van der Waals surface area contributed by atoms with Gasteiger partial charge in [-0.15, -0.1) is 0 Å². The molecule has 0 bridgehead atoms. The number of aromatic nitrogens is 4. The van der Waals surface area contributed by atoms with E-state index in [2.05, 4.69) is 15.4 Å². The molecule has 182 valence electrons. The summed E-state index contributed by atoms with van der Waals surface area (Å²) in [6.45, 7) is 0.589. The second kappa shape index (κ2) is 10.5. The Bertz CT molecular complexity index is 1510. The minimum Gasteiger partial charge on any atom is -0.480 e. The molecule has 9 heteroatoms. The molecule has 0 fully saturated rings. The maximum atomic E-state index is 12.1. The highest BCUT2D eigenvalue weighted by atomic mass is 35.5. The number of H-pyrrole nitrogens is 1. The normalized spacial score (nSPS) is 12.2. The molecule has 7 nitrogen and oxygen atoms in total. The highest BCUT2D eigenvalue weighted by molar-refractivity contribution is 6.35. The number of para-hydroxylation sites is 1. The lowest BCUT2D eigenvalue weighted by Crippen LogP contribution is -2.38. The third-order valence-electron chi connectivity index (χ3n) is 6.01. The van der Waals surface area contributed by atoms with Crippen LogP contribution in [0.25, 0.3) is 22.2 Å². The monoisotopic (exact) mass is 519 g/mol. The molecule has 5 aromatic rings. The number of nitrogens with one attached hydrogen (secondary N) is 2. The van der Waals surface area contributed by atoms with Crippen molar-refractivity contribution >= 4 is 40.1 Å². The van der Waals surface area contributed by atoms with Crippen LogP contribution >= 0.6 is 23.2 Å². The van der Waals surface area contributed by atoms with Gasteiger partial charge in [-0.05, 0) is 29.3 Å². The van der Waals surface area contributed by atoms with Crippen LogP contribution in [0.3, 0.4) is 0 Å². The number of aliphatic carboxylic acids is 1. The maximum Gasteiger partial charge on any atom is 0.321 e. The van der Waals surface area contributed by atoms with Crippen molar-refractivity contribution in [2.24, 2.45) is 0 Å². The zero-order chi connectivity index (χ0) is 25.1. The molecule has 0 saturated heterocycles. The van der Waals surface area contributed by atoms with Gasteiger partial charge in [-0.1, -0.05) is 77.8 Å². The second-order valence-electron chi connectivity index (χ2n) is 8.46. The third-order valence-corrected chi connectivity index (χ3v) is 6.60. The van der Waals surface area contributed by atoms with Gasteiger partial charge in [0.2, 0.25) is 0 Å². The van der Waals surface area contributed by atoms with Crippen molar-refractivity contribution in [2.75, 3.05) is 0 Å². The average Bonchev–Trinajstić information content (AvgIpc) is 3.48. The van der Waals surface area contributed by atoms with Crippen molar-refractivity contribution in [1.29, 1.82) is 0 Å². The summed E-state index contributed by atoms with van der Waals surface area (Å²) in [6, 6.07) is 22.0. The first-order valence-electron chi connectivity index (χ1n) is 11.4. The Kier molecular flexibility index (Phi) is 7.04. The molecule has 2 aromatic heterocycles. The zero-order valence-electron chi connectivity index (χ0n) is 19.2. The van der Waals surface area contributed by atoms with E-state index >= 15 is 0 Å².